The highest BCUT2D eigenvalue weighted by Crippen LogP contribution is 2.31. The Hall–Kier alpha value is -2.83. The number of rotatable bonds is 6. The number of anilines is 2. The summed E-state index contributed by atoms with van der Waals surface area (Å²) in [4.78, 5) is 22.6. The molecule has 7 nitrogen and oxygen atoms in total. The third-order valence-electron chi connectivity index (χ3n) is 3.84. The van der Waals surface area contributed by atoms with E-state index < -0.39 is 0 Å². The van der Waals surface area contributed by atoms with Crippen LogP contribution in [0.5, 0.6) is 11.6 Å². The van der Waals surface area contributed by atoms with Gasteiger partial charge in [-0.1, -0.05) is 12.1 Å². The Morgan fingerprint density at radius 3 is 2.96 bits per heavy atom. The normalized spacial score (nSPS) is 17.0. The second-order valence-electron chi connectivity index (χ2n) is 5.32. The largest absolute Gasteiger partial charge is 0.495 e. The fourth-order valence-corrected chi connectivity index (χ4v) is 2.73. The summed E-state index contributed by atoms with van der Waals surface area (Å²) in [6, 6.07) is 8.88. The second kappa shape index (κ2) is 7.16. The van der Waals surface area contributed by atoms with Crippen LogP contribution in [0, 0.1) is 0 Å². The third kappa shape index (κ3) is 3.24. The smallest absolute Gasteiger partial charge is 0.249 e. The molecule has 3 rings (SSSR count). The summed E-state index contributed by atoms with van der Waals surface area (Å²) in [5.41, 5.74) is 0.784. The first kappa shape index (κ1) is 16.0. The van der Waals surface area contributed by atoms with Gasteiger partial charge in [0, 0.05) is 12.6 Å². The van der Waals surface area contributed by atoms with Gasteiger partial charge < -0.3 is 19.7 Å². The van der Waals surface area contributed by atoms with Crippen LogP contribution in [0.15, 0.2) is 36.7 Å². The molecule has 1 saturated heterocycles. The maximum atomic E-state index is 12.7. The van der Waals surface area contributed by atoms with E-state index in [2.05, 4.69) is 15.3 Å². The van der Waals surface area contributed by atoms with Gasteiger partial charge in [-0.3, -0.25) is 4.79 Å². The summed E-state index contributed by atoms with van der Waals surface area (Å²) in [5, 5.41) is 3.16. The van der Waals surface area contributed by atoms with Crippen molar-refractivity contribution in [2.24, 2.45) is 0 Å². The van der Waals surface area contributed by atoms with Crippen molar-refractivity contribution >= 4 is 17.4 Å². The lowest BCUT2D eigenvalue weighted by atomic mass is 10.2. The summed E-state index contributed by atoms with van der Waals surface area (Å²) in [7, 11) is 1.60. The monoisotopic (exact) mass is 328 g/mol. The molecule has 2 heterocycles. The SMILES string of the molecule is CCOc1cc(NC2CCN(c3ccccc3OC)C2=O)ncn1. The van der Waals surface area contributed by atoms with Crippen molar-refractivity contribution in [2.45, 2.75) is 19.4 Å². The molecular weight excluding hydrogens is 308 g/mol. The number of nitrogens with zero attached hydrogens (tertiary/aromatic N) is 3. The number of ether oxygens (including phenoxy) is 2. The molecule has 1 aromatic heterocycles. The summed E-state index contributed by atoms with van der Waals surface area (Å²) in [6.07, 6.45) is 2.11. The van der Waals surface area contributed by atoms with Gasteiger partial charge in [0.25, 0.3) is 0 Å². The fourth-order valence-electron chi connectivity index (χ4n) is 2.73. The van der Waals surface area contributed by atoms with Gasteiger partial charge in [0.15, 0.2) is 0 Å². The van der Waals surface area contributed by atoms with Crippen molar-refractivity contribution in [2.75, 3.05) is 30.5 Å². The predicted octanol–water partition coefficient (Wildman–Crippen LogP) is 2.10. The van der Waals surface area contributed by atoms with E-state index in [-0.39, 0.29) is 11.9 Å². The second-order valence-corrected chi connectivity index (χ2v) is 5.32. The van der Waals surface area contributed by atoms with E-state index in [1.807, 2.05) is 31.2 Å². The van der Waals surface area contributed by atoms with E-state index in [4.69, 9.17) is 9.47 Å². The molecule has 0 saturated carbocycles. The maximum Gasteiger partial charge on any atom is 0.249 e. The molecule has 7 heteroatoms. The number of benzene rings is 1. The molecule has 2 aromatic rings. The highest BCUT2D eigenvalue weighted by atomic mass is 16.5. The molecular formula is C17H20N4O3. The number of nitrogens with one attached hydrogen (secondary N) is 1. The molecule has 24 heavy (non-hydrogen) atoms. The number of aromatic nitrogens is 2. The van der Waals surface area contributed by atoms with E-state index in [9.17, 15) is 4.79 Å². The van der Waals surface area contributed by atoms with Crippen LogP contribution < -0.4 is 19.7 Å². The summed E-state index contributed by atoms with van der Waals surface area (Å²) >= 11 is 0. The minimum Gasteiger partial charge on any atom is -0.495 e. The average molecular weight is 328 g/mol. The minimum atomic E-state index is -0.334. The number of hydrogen-bond acceptors (Lipinski definition) is 6. The molecule has 0 radical (unpaired) electrons. The Morgan fingerprint density at radius 2 is 2.17 bits per heavy atom. The molecule has 1 aromatic carbocycles. The van der Waals surface area contributed by atoms with Crippen molar-refractivity contribution in [3.8, 4) is 11.6 Å². The van der Waals surface area contributed by atoms with E-state index in [0.717, 1.165) is 5.69 Å². The molecule has 1 N–H and O–H groups in total. The summed E-state index contributed by atoms with van der Waals surface area (Å²) in [6.45, 7) is 3.04. The number of methoxy groups -OCH3 is 1. The van der Waals surface area contributed by atoms with Gasteiger partial charge >= 0.3 is 0 Å². The van der Waals surface area contributed by atoms with E-state index in [1.165, 1.54) is 6.33 Å². The Balaban J connectivity index is 1.73. The van der Waals surface area contributed by atoms with Gasteiger partial charge in [-0.15, -0.1) is 0 Å². The molecule has 1 unspecified atom stereocenters. The van der Waals surface area contributed by atoms with Crippen molar-refractivity contribution in [3.63, 3.8) is 0 Å². The average Bonchev–Trinajstić information content (AvgIpc) is 2.96. The van der Waals surface area contributed by atoms with Crippen LogP contribution in [-0.2, 0) is 4.79 Å². The molecule has 1 amide bonds. The molecule has 1 fully saturated rings. The van der Waals surface area contributed by atoms with E-state index in [0.29, 0.717) is 37.0 Å². The van der Waals surface area contributed by atoms with Crippen LogP contribution in [0.2, 0.25) is 0 Å². The molecule has 1 aliphatic heterocycles. The van der Waals surface area contributed by atoms with Crippen LogP contribution in [0.25, 0.3) is 0 Å². The highest BCUT2D eigenvalue weighted by Gasteiger charge is 2.34. The Bertz CT molecular complexity index is 722. The number of carbonyl (C=O) groups is 1. The Labute approximate surface area is 140 Å². The molecule has 0 aliphatic carbocycles. The number of para-hydroxylation sites is 2. The van der Waals surface area contributed by atoms with Crippen LogP contribution in [0.3, 0.4) is 0 Å². The number of hydrogen-bond donors (Lipinski definition) is 1. The van der Waals surface area contributed by atoms with Gasteiger partial charge in [-0.05, 0) is 25.5 Å². The van der Waals surface area contributed by atoms with Crippen LogP contribution in [-0.4, -0.2) is 42.2 Å². The van der Waals surface area contributed by atoms with Gasteiger partial charge in [-0.2, -0.15) is 0 Å². The quantitative estimate of drug-likeness (QED) is 0.875. The van der Waals surface area contributed by atoms with E-state index in [1.54, 1.807) is 18.1 Å². The lowest BCUT2D eigenvalue weighted by Crippen LogP contribution is -2.33. The van der Waals surface area contributed by atoms with Crippen LogP contribution in [0.1, 0.15) is 13.3 Å². The Kier molecular flexibility index (Phi) is 4.79. The summed E-state index contributed by atoms with van der Waals surface area (Å²) in [5.74, 6) is 1.75. The predicted molar refractivity (Wildman–Crippen MR) is 90.6 cm³/mol. The van der Waals surface area contributed by atoms with Gasteiger partial charge in [0.05, 0.1) is 19.4 Å². The van der Waals surface area contributed by atoms with Gasteiger partial charge in [0.2, 0.25) is 11.8 Å². The standard InChI is InChI=1S/C17H20N4O3/c1-3-24-16-10-15(18-11-19-16)20-12-8-9-21(17(12)22)13-6-4-5-7-14(13)23-2/h4-7,10-12H,3,8-9H2,1-2H3,(H,18,19,20). The lowest BCUT2D eigenvalue weighted by molar-refractivity contribution is -0.117. The minimum absolute atomic E-state index is 0.00364. The van der Waals surface area contributed by atoms with Crippen molar-refractivity contribution in [1.82, 2.24) is 9.97 Å². The van der Waals surface area contributed by atoms with E-state index >= 15 is 0 Å². The molecule has 1 aliphatic rings. The first-order chi connectivity index (χ1) is 11.7. The molecule has 0 bridgehead atoms. The Morgan fingerprint density at radius 1 is 1.33 bits per heavy atom. The zero-order valence-electron chi connectivity index (χ0n) is 13.7. The van der Waals surface area contributed by atoms with Crippen LogP contribution >= 0.6 is 0 Å². The number of amides is 1. The maximum absolute atomic E-state index is 12.7. The lowest BCUT2D eigenvalue weighted by Gasteiger charge is -2.19. The zero-order valence-corrected chi connectivity index (χ0v) is 13.7. The van der Waals surface area contributed by atoms with Gasteiger partial charge in [0.1, 0.15) is 23.9 Å². The topological polar surface area (TPSA) is 76.6 Å². The van der Waals surface area contributed by atoms with Crippen molar-refractivity contribution in [3.05, 3.63) is 36.7 Å². The molecule has 1 atom stereocenters. The van der Waals surface area contributed by atoms with Crippen LogP contribution in [0.4, 0.5) is 11.5 Å². The highest BCUT2D eigenvalue weighted by molar-refractivity contribution is 6.02. The van der Waals surface area contributed by atoms with Crippen molar-refractivity contribution in [1.29, 1.82) is 0 Å². The number of carbonyl (C=O) groups excluding carboxylic acids is 1. The zero-order chi connectivity index (χ0) is 16.9. The first-order valence-electron chi connectivity index (χ1n) is 7.88. The third-order valence-corrected chi connectivity index (χ3v) is 3.84. The molecule has 126 valence electrons. The summed E-state index contributed by atoms with van der Waals surface area (Å²) < 4.78 is 10.7. The van der Waals surface area contributed by atoms with Crippen molar-refractivity contribution < 1.29 is 14.3 Å². The first-order valence-corrected chi connectivity index (χ1v) is 7.88. The fraction of sp³-hybridized carbons (Fsp3) is 0.353. The van der Waals surface area contributed by atoms with Gasteiger partial charge in [-0.25, -0.2) is 9.97 Å². The molecule has 0 spiro atoms.